The molecule has 2 nitrogen and oxygen atoms in total. The summed E-state index contributed by atoms with van der Waals surface area (Å²) in [5.41, 5.74) is 1.48. The Labute approximate surface area is 109 Å². The summed E-state index contributed by atoms with van der Waals surface area (Å²) >= 11 is 0. The zero-order chi connectivity index (χ0) is 14.4. The van der Waals surface area contributed by atoms with Crippen LogP contribution in [-0.4, -0.2) is 19.0 Å². The van der Waals surface area contributed by atoms with Crippen LogP contribution in [0.4, 0.5) is 18.9 Å². The molecular formula is C14H14F3NO. The maximum Gasteiger partial charge on any atom is 0.454 e. The number of anilines is 1. The number of halogens is 3. The van der Waals surface area contributed by atoms with E-state index in [-0.39, 0.29) is 0 Å². The number of rotatable bonds is 1. The highest BCUT2D eigenvalue weighted by Crippen LogP contribution is 2.46. The quantitative estimate of drug-likeness (QED) is 0.728. The van der Waals surface area contributed by atoms with Gasteiger partial charge in [0, 0.05) is 29.9 Å². The lowest BCUT2D eigenvalue weighted by molar-refractivity contribution is -0.165. The first-order valence-electron chi connectivity index (χ1n) is 5.82. The van der Waals surface area contributed by atoms with E-state index in [1.165, 1.54) is 0 Å². The van der Waals surface area contributed by atoms with Crippen LogP contribution >= 0.6 is 0 Å². The number of carbonyl (C=O) groups is 1. The SMILES string of the molecule is CN1/C(=C\C(=O)C(F)(F)F)C(C)(C)c2ccccc21. The van der Waals surface area contributed by atoms with Crippen molar-refractivity contribution in [2.24, 2.45) is 0 Å². The third kappa shape index (κ3) is 2.13. The van der Waals surface area contributed by atoms with Gasteiger partial charge in [-0.2, -0.15) is 13.2 Å². The number of benzene rings is 1. The Bertz CT molecular complexity index is 558. The summed E-state index contributed by atoms with van der Waals surface area (Å²) in [7, 11) is 1.67. The second-order valence-electron chi connectivity index (χ2n) is 5.09. The summed E-state index contributed by atoms with van der Waals surface area (Å²) in [6.07, 6.45) is -4.14. The molecule has 2 rings (SSSR count). The molecule has 0 aliphatic carbocycles. The van der Waals surface area contributed by atoms with Crippen LogP contribution in [0.5, 0.6) is 0 Å². The number of para-hydroxylation sites is 1. The van der Waals surface area contributed by atoms with Crippen LogP contribution in [0.3, 0.4) is 0 Å². The Balaban J connectivity index is 2.51. The minimum absolute atomic E-state index is 0.357. The molecule has 0 unspecified atom stereocenters. The Hall–Kier alpha value is -1.78. The Kier molecular flexibility index (Phi) is 2.96. The first kappa shape index (κ1) is 13.6. The van der Waals surface area contributed by atoms with Gasteiger partial charge in [-0.25, -0.2) is 0 Å². The molecule has 0 spiro atoms. The van der Waals surface area contributed by atoms with Gasteiger partial charge in [-0.15, -0.1) is 0 Å². The standard InChI is InChI=1S/C14H14F3NO/c1-13(2)9-6-4-5-7-10(9)18(3)11(13)8-12(19)14(15,16)17/h4-8H,1-3H3/b11-8-. The van der Waals surface area contributed by atoms with Crippen molar-refractivity contribution in [3.8, 4) is 0 Å². The van der Waals surface area contributed by atoms with E-state index >= 15 is 0 Å². The number of alkyl halides is 3. The lowest BCUT2D eigenvalue weighted by Gasteiger charge is -2.24. The molecule has 19 heavy (non-hydrogen) atoms. The van der Waals surface area contributed by atoms with Crippen molar-refractivity contribution < 1.29 is 18.0 Å². The van der Waals surface area contributed by atoms with Crippen LogP contribution in [0.2, 0.25) is 0 Å². The molecule has 0 fully saturated rings. The van der Waals surface area contributed by atoms with E-state index in [2.05, 4.69) is 0 Å². The number of ketones is 1. The molecule has 102 valence electrons. The van der Waals surface area contributed by atoms with Gasteiger partial charge in [0.15, 0.2) is 0 Å². The molecule has 0 amide bonds. The summed E-state index contributed by atoms with van der Waals surface area (Å²) < 4.78 is 37.2. The molecule has 0 N–H and O–H groups in total. The number of nitrogens with zero attached hydrogens (tertiary/aromatic N) is 1. The van der Waals surface area contributed by atoms with Crippen LogP contribution in [0.1, 0.15) is 19.4 Å². The molecule has 0 saturated heterocycles. The number of hydrogen-bond acceptors (Lipinski definition) is 2. The van der Waals surface area contributed by atoms with Crippen LogP contribution in [0.15, 0.2) is 36.0 Å². The van der Waals surface area contributed by atoms with Crippen LogP contribution < -0.4 is 4.90 Å². The highest BCUT2D eigenvalue weighted by Gasteiger charge is 2.42. The second kappa shape index (κ2) is 4.11. The van der Waals surface area contributed by atoms with E-state index < -0.39 is 17.4 Å². The van der Waals surface area contributed by atoms with Crippen LogP contribution in [-0.2, 0) is 10.2 Å². The van der Waals surface area contributed by atoms with Gasteiger partial charge in [-0.3, -0.25) is 4.79 Å². The molecule has 5 heteroatoms. The number of allylic oxidation sites excluding steroid dienone is 2. The topological polar surface area (TPSA) is 20.3 Å². The zero-order valence-electron chi connectivity index (χ0n) is 10.9. The third-order valence-electron chi connectivity index (χ3n) is 3.49. The van der Waals surface area contributed by atoms with E-state index in [0.29, 0.717) is 11.8 Å². The summed E-state index contributed by atoms with van der Waals surface area (Å²) in [6.45, 7) is 3.62. The summed E-state index contributed by atoms with van der Waals surface area (Å²) in [4.78, 5) is 12.8. The average molecular weight is 269 g/mol. The summed E-state index contributed by atoms with van der Waals surface area (Å²) in [5.74, 6) is -1.82. The molecule has 0 bridgehead atoms. The Morgan fingerprint density at radius 2 is 1.84 bits per heavy atom. The second-order valence-corrected chi connectivity index (χ2v) is 5.09. The predicted octanol–water partition coefficient (Wildman–Crippen LogP) is 3.43. The monoisotopic (exact) mass is 269 g/mol. The van der Waals surface area contributed by atoms with Gasteiger partial charge in [0.05, 0.1) is 0 Å². The number of fused-ring (bicyclic) bond motifs is 1. The van der Waals surface area contributed by atoms with Gasteiger partial charge >= 0.3 is 6.18 Å². The molecule has 0 radical (unpaired) electrons. The van der Waals surface area contributed by atoms with Crippen LogP contribution in [0.25, 0.3) is 0 Å². The van der Waals surface area contributed by atoms with Gasteiger partial charge in [0.2, 0.25) is 0 Å². The van der Waals surface area contributed by atoms with Crippen molar-refractivity contribution in [1.82, 2.24) is 0 Å². The van der Waals surface area contributed by atoms with Crippen molar-refractivity contribution in [2.75, 3.05) is 11.9 Å². The van der Waals surface area contributed by atoms with Gasteiger partial charge in [-0.1, -0.05) is 32.0 Å². The number of carbonyl (C=O) groups excluding carboxylic acids is 1. The fourth-order valence-electron chi connectivity index (χ4n) is 2.46. The fourth-order valence-corrected chi connectivity index (χ4v) is 2.46. The predicted molar refractivity (Wildman–Crippen MR) is 67.0 cm³/mol. The van der Waals surface area contributed by atoms with Gasteiger partial charge in [0.25, 0.3) is 5.78 Å². The molecule has 0 aromatic heterocycles. The summed E-state index contributed by atoms with van der Waals surface area (Å²) in [6, 6.07) is 7.35. The minimum Gasteiger partial charge on any atom is -0.347 e. The largest absolute Gasteiger partial charge is 0.454 e. The molecule has 1 heterocycles. The molecule has 1 aliphatic heterocycles. The molecular weight excluding hydrogens is 255 g/mol. The lowest BCUT2D eigenvalue weighted by Crippen LogP contribution is -2.28. The van der Waals surface area contributed by atoms with E-state index in [1.807, 2.05) is 38.1 Å². The highest BCUT2D eigenvalue weighted by atomic mass is 19.4. The Morgan fingerprint density at radius 3 is 2.37 bits per heavy atom. The van der Waals surface area contributed by atoms with Crippen molar-refractivity contribution in [3.05, 3.63) is 41.6 Å². The van der Waals surface area contributed by atoms with Crippen molar-refractivity contribution in [1.29, 1.82) is 0 Å². The summed E-state index contributed by atoms with van der Waals surface area (Å²) in [5, 5.41) is 0. The normalized spacial score (nSPS) is 19.7. The molecule has 0 saturated carbocycles. The van der Waals surface area contributed by atoms with E-state index in [0.717, 1.165) is 11.3 Å². The number of hydrogen-bond donors (Lipinski definition) is 0. The van der Waals surface area contributed by atoms with Crippen molar-refractivity contribution >= 4 is 11.5 Å². The smallest absolute Gasteiger partial charge is 0.347 e. The Morgan fingerprint density at radius 1 is 1.26 bits per heavy atom. The minimum atomic E-state index is -4.83. The lowest BCUT2D eigenvalue weighted by atomic mass is 9.83. The number of likely N-dealkylation sites (N-methyl/N-ethyl adjacent to an activating group) is 1. The molecule has 0 atom stereocenters. The first-order valence-corrected chi connectivity index (χ1v) is 5.82. The zero-order valence-corrected chi connectivity index (χ0v) is 10.9. The van der Waals surface area contributed by atoms with E-state index in [1.54, 1.807) is 11.9 Å². The average Bonchev–Trinajstić information content (AvgIpc) is 2.50. The van der Waals surface area contributed by atoms with Gasteiger partial charge in [0.1, 0.15) is 0 Å². The molecule has 1 aromatic rings. The van der Waals surface area contributed by atoms with Gasteiger partial charge < -0.3 is 4.90 Å². The van der Waals surface area contributed by atoms with Crippen LogP contribution in [0, 0.1) is 0 Å². The maximum atomic E-state index is 12.4. The molecule has 1 aliphatic rings. The third-order valence-corrected chi connectivity index (χ3v) is 3.49. The van der Waals surface area contributed by atoms with Crippen molar-refractivity contribution in [2.45, 2.75) is 25.4 Å². The maximum absolute atomic E-state index is 12.4. The van der Waals surface area contributed by atoms with Crippen molar-refractivity contribution in [3.63, 3.8) is 0 Å². The fraction of sp³-hybridized carbons (Fsp3) is 0.357. The van der Waals surface area contributed by atoms with E-state index in [9.17, 15) is 18.0 Å². The van der Waals surface area contributed by atoms with E-state index in [4.69, 9.17) is 0 Å². The molecule has 1 aromatic carbocycles. The van der Waals surface area contributed by atoms with Gasteiger partial charge in [-0.05, 0) is 11.6 Å². The highest BCUT2D eigenvalue weighted by molar-refractivity contribution is 5.96. The first-order chi connectivity index (χ1) is 8.65.